The SMILES string of the molecule is COc1ccc(CC(NC=O)C(=O)Cc2ccc(OC)c(OC)c2)cc1. The maximum absolute atomic E-state index is 12.7. The molecule has 6 nitrogen and oxygen atoms in total. The molecule has 0 heterocycles. The lowest BCUT2D eigenvalue weighted by Gasteiger charge is -2.16. The molecular weight excluding hydrogens is 334 g/mol. The first-order chi connectivity index (χ1) is 12.6. The Labute approximate surface area is 153 Å². The largest absolute Gasteiger partial charge is 0.497 e. The molecule has 0 saturated carbocycles. The van der Waals surface area contributed by atoms with E-state index in [9.17, 15) is 9.59 Å². The van der Waals surface area contributed by atoms with Gasteiger partial charge in [0.1, 0.15) is 5.75 Å². The van der Waals surface area contributed by atoms with Gasteiger partial charge in [-0.1, -0.05) is 18.2 Å². The number of nitrogens with one attached hydrogen (secondary N) is 1. The number of carbonyl (C=O) groups excluding carboxylic acids is 2. The molecule has 0 saturated heterocycles. The number of hydrogen-bond donors (Lipinski definition) is 1. The van der Waals surface area contributed by atoms with Crippen LogP contribution in [-0.2, 0) is 22.4 Å². The molecule has 6 heteroatoms. The molecule has 2 aromatic rings. The van der Waals surface area contributed by atoms with E-state index < -0.39 is 6.04 Å². The fourth-order valence-electron chi connectivity index (χ4n) is 2.66. The Morgan fingerprint density at radius 3 is 2.19 bits per heavy atom. The third-order valence-corrected chi connectivity index (χ3v) is 4.08. The minimum atomic E-state index is -0.603. The van der Waals surface area contributed by atoms with Gasteiger partial charge in [-0.2, -0.15) is 0 Å². The van der Waals surface area contributed by atoms with Crippen LogP contribution in [0.4, 0.5) is 0 Å². The van der Waals surface area contributed by atoms with Gasteiger partial charge >= 0.3 is 0 Å². The molecule has 2 aromatic carbocycles. The maximum Gasteiger partial charge on any atom is 0.207 e. The van der Waals surface area contributed by atoms with Crippen LogP contribution < -0.4 is 19.5 Å². The van der Waals surface area contributed by atoms with Crippen molar-refractivity contribution in [2.75, 3.05) is 21.3 Å². The van der Waals surface area contributed by atoms with Gasteiger partial charge in [0.25, 0.3) is 0 Å². The van der Waals surface area contributed by atoms with Gasteiger partial charge in [0.05, 0.1) is 27.4 Å². The van der Waals surface area contributed by atoms with Crippen molar-refractivity contribution < 1.29 is 23.8 Å². The molecule has 0 radical (unpaired) electrons. The molecule has 0 aliphatic heterocycles. The molecule has 1 N–H and O–H groups in total. The summed E-state index contributed by atoms with van der Waals surface area (Å²) >= 11 is 0. The minimum absolute atomic E-state index is 0.0832. The normalized spacial score (nSPS) is 11.3. The number of benzene rings is 2. The lowest BCUT2D eigenvalue weighted by Crippen LogP contribution is -2.38. The van der Waals surface area contributed by atoms with Gasteiger partial charge in [-0.25, -0.2) is 0 Å². The Morgan fingerprint density at radius 2 is 1.62 bits per heavy atom. The number of ketones is 1. The molecule has 0 aliphatic carbocycles. The fourth-order valence-corrected chi connectivity index (χ4v) is 2.66. The topological polar surface area (TPSA) is 73.9 Å². The highest BCUT2D eigenvalue weighted by Crippen LogP contribution is 2.28. The van der Waals surface area contributed by atoms with E-state index in [0.717, 1.165) is 16.9 Å². The van der Waals surface area contributed by atoms with Gasteiger partial charge < -0.3 is 19.5 Å². The van der Waals surface area contributed by atoms with E-state index >= 15 is 0 Å². The summed E-state index contributed by atoms with van der Waals surface area (Å²) in [5.74, 6) is 1.82. The van der Waals surface area contributed by atoms with Crippen molar-refractivity contribution in [2.24, 2.45) is 0 Å². The van der Waals surface area contributed by atoms with Crippen LogP contribution >= 0.6 is 0 Å². The highest BCUT2D eigenvalue weighted by atomic mass is 16.5. The van der Waals surface area contributed by atoms with Crippen molar-refractivity contribution in [3.63, 3.8) is 0 Å². The lowest BCUT2D eigenvalue weighted by molar-refractivity contribution is -0.123. The zero-order chi connectivity index (χ0) is 18.9. The molecule has 0 bridgehead atoms. The Balaban J connectivity index is 2.10. The average Bonchev–Trinajstić information content (AvgIpc) is 2.68. The monoisotopic (exact) mass is 357 g/mol. The number of carbonyl (C=O) groups is 2. The Hall–Kier alpha value is -3.02. The van der Waals surface area contributed by atoms with E-state index in [0.29, 0.717) is 24.3 Å². The van der Waals surface area contributed by atoms with Crippen molar-refractivity contribution in [3.05, 3.63) is 53.6 Å². The van der Waals surface area contributed by atoms with E-state index in [2.05, 4.69) is 5.32 Å². The average molecular weight is 357 g/mol. The molecule has 2 rings (SSSR count). The lowest BCUT2D eigenvalue weighted by atomic mass is 9.97. The third-order valence-electron chi connectivity index (χ3n) is 4.08. The van der Waals surface area contributed by atoms with E-state index in [4.69, 9.17) is 14.2 Å². The van der Waals surface area contributed by atoms with Crippen LogP contribution in [0.2, 0.25) is 0 Å². The first-order valence-corrected chi connectivity index (χ1v) is 8.17. The number of hydrogen-bond acceptors (Lipinski definition) is 5. The molecule has 1 unspecified atom stereocenters. The molecule has 1 amide bonds. The Morgan fingerprint density at radius 1 is 0.962 bits per heavy atom. The van der Waals surface area contributed by atoms with Gasteiger partial charge in [0, 0.05) is 6.42 Å². The molecule has 1 atom stereocenters. The zero-order valence-corrected chi connectivity index (χ0v) is 15.2. The summed E-state index contributed by atoms with van der Waals surface area (Å²) in [4.78, 5) is 23.6. The second kappa shape index (κ2) is 9.46. The first-order valence-electron chi connectivity index (χ1n) is 8.17. The van der Waals surface area contributed by atoms with E-state index in [1.165, 1.54) is 0 Å². The summed E-state index contributed by atoms with van der Waals surface area (Å²) in [5, 5.41) is 2.61. The van der Waals surface area contributed by atoms with Crippen molar-refractivity contribution in [1.29, 1.82) is 0 Å². The molecule has 0 aromatic heterocycles. The predicted molar refractivity (Wildman–Crippen MR) is 97.9 cm³/mol. The van der Waals surface area contributed by atoms with Crippen LogP contribution in [-0.4, -0.2) is 39.6 Å². The molecular formula is C20H23NO5. The summed E-state index contributed by atoms with van der Waals surface area (Å²) in [6, 6.07) is 12.1. The summed E-state index contributed by atoms with van der Waals surface area (Å²) in [7, 11) is 4.70. The van der Waals surface area contributed by atoms with Gasteiger partial charge in [-0.3, -0.25) is 9.59 Å². The molecule has 0 spiro atoms. The van der Waals surface area contributed by atoms with Crippen molar-refractivity contribution in [3.8, 4) is 17.2 Å². The standard InChI is InChI=1S/C20H23NO5/c1-24-16-7-4-14(5-8-16)10-17(21-13-22)18(23)11-15-6-9-19(25-2)20(12-15)26-3/h4-9,12-13,17H,10-11H2,1-3H3,(H,21,22). The van der Waals surface area contributed by atoms with Gasteiger partial charge in [0.15, 0.2) is 17.3 Å². The van der Waals surface area contributed by atoms with Crippen LogP contribution in [0, 0.1) is 0 Å². The molecule has 26 heavy (non-hydrogen) atoms. The number of ether oxygens (including phenoxy) is 3. The first kappa shape index (κ1) is 19.3. The highest BCUT2D eigenvalue weighted by molar-refractivity contribution is 5.88. The summed E-state index contributed by atoms with van der Waals surface area (Å²) < 4.78 is 15.6. The highest BCUT2D eigenvalue weighted by Gasteiger charge is 2.19. The van der Waals surface area contributed by atoms with Crippen LogP contribution in [0.15, 0.2) is 42.5 Å². The van der Waals surface area contributed by atoms with Gasteiger partial charge in [0.2, 0.25) is 6.41 Å². The van der Waals surface area contributed by atoms with Gasteiger partial charge in [-0.15, -0.1) is 0 Å². The quantitative estimate of drug-likeness (QED) is 0.660. The number of methoxy groups -OCH3 is 3. The van der Waals surface area contributed by atoms with Crippen LogP contribution in [0.5, 0.6) is 17.2 Å². The molecule has 0 aliphatic rings. The smallest absolute Gasteiger partial charge is 0.207 e. The Kier molecular flexibility index (Phi) is 7.02. The summed E-state index contributed by atoms with van der Waals surface area (Å²) in [5.41, 5.74) is 1.73. The van der Waals surface area contributed by atoms with Crippen molar-refractivity contribution in [2.45, 2.75) is 18.9 Å². The van der Waals surface area contributed by atoms with Crippen molar-refractivity contribution >= 4 is 12.2 Å². The maximum atomic E-state index is 12.7. The molecule has 0 fully saturated rings. The van der Waals surface area contributed by atoms with Crippen LogP contribution in [0.3, 0.4) is 0 Å². The van der Waals surface area contributed by atoms with E-state index in [1.54, 1.807) is 33.5 Å². The fraction of sp³-hybridized carbons (Fsp3) is 0.300. The second-order valence-electron chi connectivity index (χ2n) is 5.72. The van der Waals surface area contributed by atoms with Crippen molar-refractivity contribution in [1.82, 2.24) is 5.32 Å². The summed E-state index contributed by atoms with van der Waals surface area (Å²) in [6.07, 6.45) is 1.15. The van der Waals surface area contributed by atoms with Crippen LogP contribution in [0.25, 0.3) is 0 Å². The number of rotatable bonds is 10. The minimum Gasteiger partial charge on any atom is -0.497 e. The Bertz CT molecular complexity index is 742. The van der Waals surface area contributed by atoms with E-state index in [-0.39, 0.29) is 12.2 Å². The zero-order valence-electron chi connectivity index (χ0n) is 15.2. The van der Waals surface area contributed by atoms with Gasteiger partial charge in [-0.05, 0) is 41.8 Å². The van der Waals surface area contributed by atoms with Crippen LogP contribution in [0.1, 0.15) is 11.1 Å². The third kappa shape index (κ3) is 4.99. The number of amides is 1. The second-order valence-corrected chi connectivity index (χ2v) is 5.72. The predicted octanol–water partition coefficient (Wildman–Crippen LogP) is 2.18. The van der Waals surface area contributed by atoms with E-state index in [1.807, 2.05) is 30.3 Å². The number of Topliss-reactive ketones (excluding diaryl/α,β-unsaturated/α-hetero) is 1. The molecule has 138 valence electrons. The summed E-state index contributed by atoms with van der Waals surface area (Å²) in [6.45, 7) is 0.